The van der Waals surface area contributed by atoms with Gasteiger partial charge in [0, 0.05) is 0 Å². The Kier molecular flexibility index (Phi) is 19.7. The first kappa shape index (κ1) is 28.8. The largest absolute Gasteiger partial charge is 0.302 e. The van der Waals surface area contributed by atoms with E-state index in [0.717, 1.165) is 6.42 Å². The lowest BCUT2D eigenvalue weighted by Crippen LogP contribution is -2.42. The van der Waals surface area contributed by atoms with Crippen molar-refractivity contribution in [2.45, 2.75) is 122 Å². The number of nitrogens with zero attached hydrogens (tertiary/aromatic N) is 1. The minimum Gasteiger partial charge on any atom is -0.302 e. The number of rotatable bonds is 22. The van der Waals surface area contributed by atoms with Gasteiger partial charge in [-0.25, -0.2) is 0 Å². The summed E-state index contributed by atoms with van der Waals surface area (Å²) in [5.74, 6) is -0.168. The van der Waals surface area contributed by atoms with E-state index in [1.807, 2.05) is 14.1 Å². The molecule has 0 saturated carbocycles. The molecule has 0 aromatic heterocycles. The lowest BCUT2D eigenvalue weighted by molar-refractivity contribution is 0.227. The van der Waals surface area contributed by atoms with E-state index < -0.39 is 10.1 Å². The second-order valence-corrected chi connectivity index (χ2v) is 10.4. The van der Waals surface area contributed by atoms with E-state index in [9.17, 15) is 8.42 Å². The summed E-state index contributed by atoms with van der Waals surface area (Å²) in [6.45, 7) is 2.89. The lowest BCUT2D eigenvalue weighted by atomic mass is 10.0. The maximum absolute atomic E-state index is 10.8. The summed E-state index contributed by atoms with van der Waals surface area (Å²) >= 11 is 0. The van der Waals surface area contributed by atoms with Crippen LogP contribution in [-0.2, 0) is 10.1 Å². The molecule has 0 spiro atoms. The van der Waals surface area contributed by atoms with Crippen LogP contribution in [0.25, 0.3) is 0 Å². The summed E-state index contributed by atoms with van der Waals surface area (Å²) in [7, 11) is 0.255. The van der Waals surface area contributed by atoms with Crippen molar-refractivity contribution in [2.75, 3.05) is 26.4 Å². The van der Waals surface area contributed by atoms with Crippen molar-refractivity contribution in [3.63, 3.8) is 0 Å². The van der Waals surface area contributed by atoms with E-state index in [4.69, 9.17) is 4.55 Å². The van der Waals surface area contributed by atoms with Gasteiger partial charge in [-0.2, -0.15) is 8.42 Å². The minimum atomic E-state index is -3.84. The second-order valence-electron chi connectivity index (χ2n) is 8.81. The molecule has 176 valence electrons. The summed E-state index contributed by atoms with van der Waals surface area (Å²) in [6.07, 6.45) is 22.4. The Morgan fingerprint density at radius 1 is 0.724 bits per heavy atom. The Hall–Kier alpha value is -0.170. The third kappa shape index (κ3) is 22.3. The molecule has 0 rings (SSSR count). The lowest BCUT2D eigenvalue weighted by Gasteiger charge is -2.25. The topological polar surface area (TPSA) is 69.6 Å². The van der Waals surface area contributed by atoms with Crippen LogP contribution in [0.15, 0.2) is 0 Å². The van der Waals surface area contributed by atoms with Crippen LogP contribution in [-0.4, -0.2) is 50.4 Å². The average Bonchev–Trinajstić information content (AvgIpc) is 2.65. The van der Waals surface area contributed by atoms with Crippen LogP contribution in [0, 0.1) is 0 Å². The Labute approximate surface area is 182 Å². The molecule has 1 atom stereocenters. The molecule has 0 aromatic rings. The summed E-state index contributed by atoms with van der Waals surface area (Å²) in [5.41, 5.74) is 0. The summed E-state index contributed by atoms with van der Waals surface area (Å²) in [5, 5.41) is 3.39. The molecule has 0 saturated heterocycles. The molecule has 0 radical (unpaired) electrons. The zero-order valence-corrected chi connectivity index (χ0v) is 20.4. The van der Waals surface area contributed by atoms with Crippen molar-refractivity contribution in [1.29, 1.82) is 0 Å². The van der Waals surface area contributed by atoms with Gasteiger partial charge in [-0.05, 0) is 33.5 Å². The molecule has 0 fully saturated rings. The molecular formula is C23H50N2O3S. The highest BCUT2D eigenvalue weighted by atomic mass is 32.2. The molecule has 0 aliphatic carbocycles. The van der Waals surface area contributed by atoms with Crippen LogP contribution in [0.3, 0.4) is 0 Å². The summed E-state index contributed by atoms with van der Waals surface area (Å²) < 4.78 is 30.3. The highest BCUT2D eigenvalue weighted by Crippen LogP contribution is 2.14. The van der Waals surface area contributed by atoms with Crippen LogP contribution < -0.4 is 5.32 Å². The molecule has 0 amide bonds. The van der Waals surface area contributed by atoms with Gasteiger partial charge in [-0.15, -0.1) is 0 Å². The predicted octanol–water partition coefficient (Wildman–Crippen LogP) is 6.00. The van der Waals surface area contributed by atoms with E-state index in [1.165, 1.54) is 96.3 Å². The molecule has 1 unspecified atom stereocenters. The average molecular weight is 435 g/mol. The van der Waals surface area contributed by atoms with Crippen molar-refractivity contribution in [1.82, 2.24) is 10.2 Å². The fourth-order valence-electron chi connectivity index (χ4n) is 3.78. The smallest absolute Gasteiger partial charge is 0.264 e. The molecule has 0 heterocycles. The van der Waals surface area contributed by atoms with Gasteiger partial charge in [0.15, 0.2) is 0 Å². The van der Waals surface area contributed by atoms with E-state index in [1.54, 1.807) is 0 Å². The molecule has 0 aliphatic rings. The van der Waals surface area contributed by atoms with E-state index in [0.29, 0.717) is 13.0 Å². The molecular weight excluding hydrogens is 384 g/mol. The number of hydrogen-bond donors (Lipinski definition) is 2. The molecule has 0 bridgehead atoms. The van der Waals surface area contributed by atoms with Crippen molar-refractivity contribution < 1.29 is 13.0 Å². The zero-order chi connectivity index (χ0) is 21.8. The van der Waals surface area contributed by atoms with Gasteiger partial charge in [-0.3, -0.25) is 9.45 Å². The van der Waals surface area contributed by atoms with E-state index in [-0.39, 0.29) is 11.9 Å². The van der Waals surface area contributed by atoms with Crippen molar-refractivity contribution >= 4 is 10.1 Å². The quantitative estimate of drug-likeness (QED) is 0.124. The maximum atomic E-state index is 10.8. The van der Waals surface area contributed by atoms with Crippen LogP contribution >= 0.6 is 0 Å². The predicted molar refractivity (Wildman–Crippen MR) is 126 cm³/mol. The van der Waals surface area contributed by atoms with Gasteiger partial charge >= 0.3 is 0 Å². The maximum Gasteiger partial charge on any atom is 0.264 e. The number of nitrogens with one attached hydrogen (secondary N) is 1. The first-order chi connectivity index (χ1) is 13.9. The fraction of sp³-hybridized carbons (Fsp3) is 1.00. The first-order valence-electron chi connectivity index (χ1n) is 12.2. The van der Waals surface area contributed by atoms with Crippen molar-refractivity contribution in [3.8, 4) is 0 Å². The molecule has 0 aliphatic heterocycles. The van der Waals surface area contributed by atoms with Crippen molar-refractivity contribution in [2.24, 2.45) is 0 Å². The number of unbranched alkanes of at least 4 members (excludes halogenated alkanes) is 14. The molecule has 6 heteroatoms. The highest BCUT2D eigenvalue weighted by molar-refractivity contribution is 7.85. The van der Waals surface area contributed by atoms with Crippen LogP contribution in [0.2, 0.25) is 0 Å². The standard InChI is InChI=1S/C23H50N2O3S/c1-4-5-6-7-8-9-10-11-12-13-14-15-16-17-18-20-23(25(2)3)24-21-19-22-29(26,27)28/h23-24H,4-22H2,1-3H3,(H,26,27,28). The Bertz CT molecular complexity index is 441. The monoisotopic (exact) mass is 434 g/mol. The first-order valence-corrected chi connectivity index (χ1v) is 13.8. The summed E-state index contributed by atoms with van der Waals surface area (Å²) in [4.78, 5) is 2.15. The highest BCUT2D eigenvalue weighted by Gasteiger charge is 2.11. The molecule has 0 aromatic carbocycles. The van der Waals surface area contributed by atoms with E-state index >= 15 is 0 Å². The van der Waals surface area contributed by atoms with Crippen LogP contribution in [0.4, 0.5) is 0 Å². The van der Waals surface area contributed by atoms with Gasteiger partial charge in [0.2, 0.25) is 0 Å². The molecule has 2 N–H and O–H groups in total. The minimum absolute atomic E-state index is 0.168. The third-order valence-corrected chi connectivity index (χ3v) is 6.47. The fourth-order valence-corrected chi connectivity index (χ4v) is 4.28. The SMILES string of the molecule is CCCCCCCCCCCCCCCCCC(NCCCS(=O)(=O)O)N(C)C. The Morgan fingerprint density at radius 2 is 1.14 bits per heavy atom. The zero-order valence-electron chi connectivity index (χ0n) is 19.6. The van der Waals surface area contributed by atoms with E-state index in [2.05, 4.69) is 17.1 Å². The normalized spacial score (nSPS) is 13.3. The number of hydrogen-bond acceptors (Lipinski definition) is 4. The molecule has 29 heavy (non-hydrogen) atoms. The van der Waals surface area contributed by atoms with Gasteiger partial charge in [-0.1, -0.05) is 103 Å². The Balaban J connectivity index is 3.43. The van der Waals surface area contributed by atoms with Gasteiger partial charge in [0.05, 0.1) is 11.9 Å². The van der Waals surface area contributed by atoms with Crippen LogP contribution in [0.1, 0.15) is 116 Å². The summed E-state index contributed by atoms with van der Waals surface area (Å²) in [6, 6.07) is 0. The molecule has 5 nitrogen and oxygen atoms in total. The van der Waals surface area contributed by atoms with Gasteiger partial charge in [0.1, 0.15) is 0 Å². The second kappa shape index (κ2) is 19.8. The third-order valence-electron chi connectivity index (χ3n) is 5.66. The van der Waals surface area contributed by atoms with Crippen molar-refractivity contribution in [3.05, 3.63) is 0 Å². The van der Waals surface area contributed by atoms with Gasteiger partial charge in [0.25, 0.3) is 10.1 Å². The van der Waals surface area contributed by atoms with Gasteiger partial charge < -0.3 is 5.32 Å². The van der Waals surface area contributed by atoms with Crippen LogP contribution in [0.5, 0.6) is 0 Å². The Morgan fingerprint density at radius 3 is 1.52 bits per heavy atom.